The third kappa shape index (κ3) is 6.92. The molecule has 30 heavy (non-hydrogen) atoms. The van der Waals surface area contributed by atoms with E-state index in [-0.39, 0.29) is 28.9 Å². The normalized spacial score (nSPS) is 11.3. The van der Waals surface area contributed by atoms with Crippen LogP contribution in [0.3, 0.4) is 0 Å². The van der Waals surface area contributed by atoms with Crippen LogP contribution in [0.15, 0.2) is 46.3 Å². The Bertz CT molecular complexity index is 958. The summed E-state index contributed by atoms with van der Waals surface area (Å²) >= 11 is 0. The fraction of sp³-hybridized carbons (Fsp3) is 0.316. The van der Waals surface area contributed by atoms with Crippen molar-refractivity contribution in [1.82, 2.24) is 10.6 Å². The summed E-state index contributed by atoms with van der Waals surface area (Å²) in [5.41, 5.74) is 1.66. The Morgan fingerprint density at radius 2 is 1.53 bits per heavy atom. The second kappa shape index (κ2) is 11.8. The lowest BCUT2D eigenvalue weighted by atomic mass is 10.2. The molecule has 2 aromatic carbocycles. The van der Waals surface area contributed by atoms with E-state index in [1.807, 2.05) is 12.1 Å². The molecule has 0 bridgehead atoms. The number of methoxy groups -OCH3 is 3. The highest BCUT2D eigenvalue weighted by Crippen LogP contribution is 2.38. The average Bonchev–Trinajstić information content (AvgIpc) is 2.72. The number of guanidine groups is 1. The van der Waals surface area contributed by atoms with Crippen LogP contribution in [0, 0.1) is 0 Å². The molecule has 0 aliphatic heterocycles. The number of aliphatic imine (C=N–C) groups is 1. The van der Waals surface area contributed by atoms with Crippen molar-refractivity contribution < 1.29 is 22.6 Å². The molecule has 0 unspecified atom stereocenters. The van der Waals surface area contributed by atoms with Crippen LogP contribution in [-0.2, 0) is 23.1 Å². The Morgan fingerprint density at radius 3 is 2.00 bits per heavy atom. The van der Waals surface area contributed by atoms with Gasteiger partial charge in [-0.15, -0.1) is 24.0 Å². The van der Waals surface area contributed by atoms with Crippen LogP contribution < -0.4 is 30.0 Å². The van der Waals surface area contributed by atoms with Gasteiger partial charge in [-0.1, -0.05) is 12.1 Å². The number of ether oxygens (including phenoxy) is 3. The first-order chi connectivity index (χ1) is 13.8. The number of nitrogens with two attached hydrogens (primary N) is 1. The van der Waals surface area contributed by atoms with Gasteiger partial charge in [0, 0.05) is 20.1 Å². The number of benzene rings is 2. The molecule has 2 aromatic rings. The number of hydrogen-bond acceptors (Lipinski definition) is 6. The number of nitrogens with one attached hydrogen (secondary N) is 2. The SMILES string of the molecule is CN=C(NCc1cccc(S(N)(=O)=O)c1)NCc1cc(OC)c(OC)c(OC)c1.I. The summed E-state index contributed by atoms with van der Waals surface area (Å²) < 4.78 is 39.0. The van der Waals surface area contributed by atoms with Crippen molar-refractivity contribution in [1.29, 1.82) is 0 Å². The average molecular weight is 550 g/mol. The van der Waals surface area contributed by atoms with E-state index in [1.165, 1.54) is 12.1 Å². The van der Waals surface area contributed by atoms with Crippen LogP contribution >= 0.6 is 24.0 Å². The highest BCUT2D eigenvalue weighted by Gasteiger charge is 2.13. The van der Waals surface area contributed by atoms with Crippen LogP contribution in [0.25, 0.3) is 0 Å². The summed E-state index contributed by atoms with van der Waals surface area (Å²) in [6, 6.07) is 10.1. The zero-order valence-electron chi connectivity index (χ0n) is 17.3. The van der Waals surface area contributed by atoms with E-state index in [1.54, 1.807) is 40.5 Å². The van der Waals surface area contributed by atoms with Gasteiger partial charge in [0.1, 0.15) is 0 Å². The maximum atomic E-state index is 11.5. The number of primary sulfonamides is 1. The first-order valence-corrected chi connectivity index (χ1v) is 10.2. The number of sulfonamides is 1. The zero-order valence-corrected chi connectivity index (χ0v) is 20.4. The predicted octanol–water partition coefficient (Wildman–Crippen LogP) is 1.84. The molecule has 0 fully saturated rings. The van der Waals surface area contributed by atoms with Crippen molar-refractivity contribution in [3.05, 3.63) is 47.5 Å². The van der Waals surface area contributed by atoms with Crippen LogP contribution in [0.2, 0.25) is 0 Å². The smallest absolute Gasteiger partial charge is 0.238 e. The van der Waals surface area contributed by atoms with Gasteiger partial charge in [-0.05, 0) is 35.4 Å². The van der Waals surface area contributed by atoms with E-state index in [0.717, 1.165) is 11.1 Å². The Balaban J connectivity index is 0.00000450. The lowest BCUT2D eigenvalue weighted by Gasteiger charge is -2.16. The van der Waals surface area contributed by atoms with Crippen molar-refractivity contribution >= 4 is 40.0 Å². The van der Waals surface area contributed by atoms with Gasteiger partial charge in [-0.3, -0.25) is 4.99 Å². The zero-order chi connectivity index (χ0) is 21.4. The van der Waals surface area contributed by atoms with Crippen molar-refractivity contribution in [3.8, 4) is 17.2 Å². The van der Waals surface area contributed by atoms with Crippen LogP contribution in [0.5, 0.6) is 17.2 Å². The van der Waals surface area contributed by atoms with E-state index >= 15 is 0 Å². The van der Waals surface area contributed by atoms with Crippen molar-refractivity contribution in [2.75, 3.05) is 28.4 Å². The summed E-state index contributed by atoms with van der Waals surface area (Å²) in [4.78, 5) is 4.24. The lowest BCUT2D eigenvalue weighted by Crippen LogP contribution is -2.36. The standard InChI is InChI=1S/C19H26N4O5S.HI/c1-21-19(22-11-13-6-5-7-15(8-13)29(20,24)25)23-12-14-9-16(26-2)18(28-4)17(10-14)27-3;/h5-10H,11-12H2,1-4H3,(H2,20,24,25)(H2,21,22,23);1H. The second-order valence-corrected chi connectivity index (χ2v) is 7.57. The van der Waals surface area contributed by atoms with Gasteiger partial charge in [0.15, 0.2) is 17.5 Å². The molecule has 0 spiro atoms. The molecule has 11 heteroatoms. The number of hydrogen-bond donors (Lipinski definition) is 3. The van der Waals surface area contributed by atoms with E-state index < -0.39 is 10.0 Å². The highest BCUT2D eigenvalue weighted by atomic mass is 127. The second-order valence-electron chi connectivity index (χ2n) is 6.01. The predicted molar refractivity (Wildman–Crippen MR) is 126 cm³/mol. The van der Waals surface area contributed by atoms with Gasteiger partial charge < -0.3 is 24.8 Å². The van der Waals surface area contributed by atoms with Gasteiger partial charge in [0.05, 0.1) is 26.2 Å². The topological polar surface area (TPSA) is 124 Å². The molecule has 4 N–H and O–H groups in total. The molecule has 2 rings (SSSR count). The molecule has 9 nitrogen and oxygen atoms in total. The maximum Gasteiger partial charge on any atom is 0.238 e. The molecular weight excluding hydrogens is 523 g/mol. The molecule has 0 aliphatic rings. The minimum atomic E-state index is -3.74. The number of nitrogens with zero attached hydrogens (tertiary/aromatic N) is 1. The summed E-state index contributed by atoms with van der Waals surface area (Å²) in [6.45, 7) is 0.825. The van der Waals surface area contributed by atoms with E-state index in [9.17, 15) is 8.42 Å². The minimum absolute atomic E-state index is 0. The molecule has 0 aromatic heterocycles. The van der Waals surface area contributed by atoms with Crippen LogP contribution in [-0.4, -0.2) is 42.8 Å². The third-order valence-electron chi connectivity index (χ3n) is 4.10. The Hall–Kier alpha value is -2.25. The third-order valence-corrected chi connectivity index (χ3v) is 5.01. The van der Waals surface area contributed by atoms with Crippen LogP contribution in [0.1, 0.15) is 11.1 Å². The maximum absolute atomic E-state index is 11.5. The monoisotopic (exact) mass is 550 g/mol. The number of halogens is 1. The van der Waals surface area contributed by atoms with Crippen molar-refractivity contribution in [2.24, 2.45) is 10.1 Å². The van der Waals surface area contributed by atoms with Gasteiger partial charge in [-0.25, -0.2) is 13.6 Å². The molecule has 0 saturated carbocycles. The molecular formula is C19H27IN4O5S. The largest absolute Gasteiger partial charge is 0.493 e. The summed E-state index contributed by atoms with van der Waals surface area (Å²) in [6.07, 6.45) is 0. The van der Waals surface area contributed by atoms with E-state index in [0.29, 0.717) is 36.3 Å². The molecule has 166 valence electrons. The molecule has 0 radical (unpaired) electrons. The van der Waals surface area contributed by atoms with Gasteiger partial charge in [0.2, 0.25) is 15.8 Å². The minimum Gasteiger partial charge on any atom is -0.493 e. The summed E-state index contributed by atoms with van der Waals surface area (Å²) in [7, 11) is 2.57. The van der Waals surface area contributed by atoms with Crippen molar-refractivity contribution in [3.63, 3.8) is 0 Å². The van der Waals surface area contributed by atoms with Gasteiger partial charge in [-0.2, -0.15) is 0 Å². The molecule has 0 saturated heterocycles. The Labute approximate surface area is 194 Å². The Kier molecular flexibility index (Phi) is 10.2. The van der Waals surface area contributed by atoms with Crippen LogP contribution in [0.4, 0.5) is 0 Å². The first kappa shape index (κ1) is 25.8. The molecule has 0 heterocycles. The summed E-state index contributed by atoms with van der Waals surface area (Å²) in [5, 5.41) is 11.5. The molecule has 0 atom stereocenters. The fourth-order valence-electron chi connectivity index (χ4n) is 2.66. The Morgan fingerprint density at radius 1 is 0.967 bits per heavy atom. The lowest BCUT2D eigenvalue weighted by molar-refractivity contribution is 0.323. The molecule has 0 aliphatic carbocycles. The number of rotatable bonds is 8. The van der Waals surface area contributed by atoms with Gasteiger partial charge in [0.25, 0.3) is 0 Å². The van der Waals surface area contributed by atoms with E-state index in [2.05, 4.69) is 15.6 Å². The molecule has 0 amide bonds. The van der Waals surface area contributed by atoms with E-state index in [4.69, 9.17) is 19.3 Å². The highest BCUT2D eigenvalue weighted by molar-refractivity contribution is 14.0. The fourth-order valence-corrected chi connectivity index (χ4v) is 3.25. The van der Waals surface area contributed by atoms with Gasteiger partial charge >= 0.3 is 0 Å². The quantitative estimate of drug-likeness (QED) is 0.260. The first-order valence-electron chi connectivity index (χ1n) is 8.67. The van der Waals surface area contributed by atoms with Crippen molar-refractivity contribution in [2.45, 2.75) is 18.0 Å². The summed E-state index contributed by atoms with van der Waals surface area (Å²) in [5.74, 6) is 2.19.